The highest BCUT2D eigenvalue weighted by Crippen LogP contribution is 2.14. The SMILES string of the molecule is O=C(CCCCCCCCCCCCCCCc1nn[nH]n1)NC(CCC(=O)OCc1ccccc1)C(=O)O. The Kier molecular flexibility index (Phi) is 16.9. The molecule has 1 heterocycles. The van der Waals surface area contributed by atoms with Crippen LogP contribution in [-0.2, 0) is 32.1 Å². The summed E-state index contributed by atoms with van der Waals surface area (Å²) in [5.74, 6) is -1.10. The summed E-state index contributed by atoms with van der Waals surface area (Å²) in [6.07, 6.45) is 16.3. The Balaban J connectivity index is 1.38. The number of carboxylic acid groups (broad SMARTS) is 1. The normalized spacial score (nSPS) is 11.7. The first kappa shape index (κ1) is 31.9. The lowest BCUT2D eigenvalue weighted by Gasteiger charge is -2.14. The van der Waals surface area contributed by atoms with Crippen molar-refractivity contribution < 1.29 is 24.2 Å². The Hall–Kier alpha value is -3.30. The molecule has 2 rings (SSSR count). The zero-order valence-electron chi connectivity index (χ0n) is 23.1. The van der Waals surface area contributed by atoms with Gasteiger partial charge in [0.1, 0.15) is 12.6 Å². The van der Waals surface area contributed by atoms with E-state index in [1.807, 2.05) is 30.3 Å². The van der Waals surface area contributed by atoms with Crippen molar-refractivity contribution in [1.82, 2.24) is 25.9 Å². The molecule has 0 aliphatic carbocycles. The first-order valence-electron chi connectivity index (χ1n) is 14.5. The van der Waals surface area contributed by atoms with Gasteiger partial charge in [-0.2, -0.15) is 5.21 Å². The van der Waals surface area contributed by atoms with Crippen LogP contribution >= 0.6 is 0 Å². The number of carbonyl (C=O) groups is 3. The molecule has 2 aromatic rings. The van der Waals surface area contributed by atoms with Gasteiger partial charge >= 0.3 is 11.9 Å². The predicted molar refractivity (Wildman–Crippen MR) is 148 cm³/mol. The summed E-state index contributed by atoms with van der Waals surface area (Å²) in [5, 5.41) is 25.9. The number of H-pyrrole nitrogens is 1. The van der Waals surface area contributed by atoms with Crippen LogP contribution in [0.5, 0.6) is 0 Å². The molecule has 0 fully saturated rings. The topological polar surface area (TPSA) is 147 Å². The molecule has 10 heteroatoms. The predicted octanol–water partition coefficient (Wildman–Crippen LogP) is 5.30. The van der Waals surface area contributed by atoms with E-state index in [1.54, 1.807) is 0 Å². The Morgan fingerprint density at radius 1 is 0.821 bits per heavy atom. The van der Waals surface area contributed by atoms with Crippen molar-refractivity contribution in [3.8, 4) is 0 Å². The van der Waals surface area contributed by atoms with Gasteiger partial charge in [0.25, 0.3) is 0 Å². The van der Waals surface area contributed by atoms with Crippen molar-refractivity contribution >= 4 is 17.8 Å². The minimum absolute atomic E-state index is 0.0101. The van der Waals surface area contributed by atoms with Gasteiger partial charge in [-0.15, -0.1) is 10.2 Å². The number of aliphatic carboxylic acids is 1. The quantitative estimate of drug-likeness (QED) is 0.126. The summed E-state index contributed by atoms with van der Waals surface area (Å²) in [6, 6.07) is 8.20. The summed E-state index contributed by atoms with van der Waals surface area (Å²) in [6.45, 7) is 0.148. The number of carbonyl (C=O) groups excluding carboxylic acids is 2. The molecule has 10 nitrogen and oxygen atoms in total. The highest BCUT2D eigenvalue weighted by atomic mass is 16.5. The number of esters is 1. The number of aromatic nitrogens is 4. The smallest absolute Gasteiger partial charge is 0.326 e. The minimum Gasteiger partial charge on any atom is -0.480 e. The van der Waals surface area contributed by atoms with Crippen LogP contribution in [0.1, 0.15) is 114 Å². The number of hydrogen-bond acceptors (Lipinski definition) is 7. The minimum atomic E-state index is -1.14. The second-order valence-electron chi connectivity index (χ2n) is 10.1. The van der Waals surface area contributed by atoms with Gasteiger partial charge in [0.2, 0.25) is 5.91 Å². The number of ether oxygens (including phenoxy) is 1. The summed E-state index contributed by atoms with van der Waals surface area (Å²) in [5.41, 5.74) is 0.866. The molecule has 0 spiro atoms. The number of aryl methyl sites for hydroxylation is 1. The maximum atomic E-state index is 12.2. The number of carboxylic acids is 1. The molecule has 1 aromatic carbocycles. The van der Waals surface area contributed by atoms with Gasteiger partial charge in [0.15, 0.2) is 5.82 Å². The van der Waals surface area contributed by atoms with Gasteiger partial charge in [-0.3, -0.25) is 9.59 Å². The van der Waals surface area contributed by atoms with Gasteiger partial charge in [-0.05, 0) is 24.8 Å². The largest absolute Gasteiger partial charge is 0.480 e. The van der Waals surface area contributed by atoms with E-state index in [0.717, 1.165) is 43.5 Å². The molecule has 1 aromatic heterocycles. The molecule has 0 bridgehead atoms. The van der Waals surface area contributed by atoms with E-state index in [2.05, 4.69) is 25.9 Å². The molecule has 1 unspecified atom stereocenters. The molecule has 0 saturated heterocycles. The van der Waals surface area contributed by atoms with Crippen molar-refractivity contribution in [2.24, 2.45) is 0 Å². The zero-order valence-corrected chi connectivity index (χ0v) is 23.1. The molecule has 0 aliphatic rings. The lowest BCUT2D eigenvalue weighted by atomic mass is 10.0. The number of benzene rings is 1. The Bertz CT molecular complexity index is 923. The van der Waals surface area contributed by atoms with Crippen LogP contribution in [-0.4, -0.2) is 49.6 Å². The first-order valence-corrected chi connectivity index (χ1v) is 14.5. The fourth-order valence-corrected chi connectivity index (χ4v) is 4.40. The average Bonchev–Trinajstić information content (AvgIpc) is 3.46. The number of rotatable bonds is 23. The number of amides is 1. The summed E-state index contributed by atoms with van der Waals surface area (Å²) in [7, 11) is 0. The van der Waals surface area contributed by atoms with Gasteiger partial charge < -0.3 is 15.2 Å². The van der Waals surface area contributed by atoms with Gasteiger partial charge in [-0.25, -0.2) is 4.79 Å². The maximum Gasteiger partial charge on any atom is 0.326 e. The maximum absolute atomic E-state index is 12.2. The Labute approximate surface area is 231 Å². The third-order valence-corrected chi connectivity index (χ3v) is 6.71. The molecule has 0 saturated carbocycles. The number of tetrazole rings is 1. The monoisotopic (exact) mass is 543 g/mol. The van der Waals surface area contributed by atoms with Crippen molar-refractivity contribution in [3.05, 3.63) is 41.7 Å². The van der Waals surface area contributed by atoms with Gasteiger partial charge in [0.05, 0.1) is 0 Å². The fourth-order valence-electron chi connectivity index (χ4n) is 4.40. The molecule has 1 atom stereocenters. The van der Waals surface area contributed by atoms with Crippen LogP contribution in [0.25, 0.3) is 0 Å². The van der Waals surface area contributed by atoms with E-state index in [9.17, 15) is 19.5 Å². The van der Waals surface area contributed by atoms with Gasteiger partial charge in [0, 0.05) is 19.3 Å². The summed E-state index contributed by atoms with van der Waals surface area (Å²) in [4.78, 5) is 35.6. The number of unbranched alkanes of at least 4 members (excludes halogenated alkanes) is 12. The number of aromatic amines is 1. The van der Waals surface area contributed by atoms with Crippen LogP contribution in [0, 0.1) is 0 Å². The third kappa shape index (κ3) is 16.3. The number of hydrogen-bond donors (Lipinski definition) is 3. The number of nitrogens with one attached hydrogen (secondary N) is 2. The highest BCUT2D eigenvalue weighted by Gasteiger charge is 2.21. The van der Waals surface area contributed by atoms with E-state index in [-0.39, 0.29) is 25.4 Å². The van der Waals surface area contributed by atoms with E-state index in [0.29, 0.717) is 6.42 Å². The van der Waals surface area contributed by atoms with E-state index < -0.39 is 18.0 Å². The van der Waals surface area contributed by atoms with Crippen molar-refractivity contribution in [2.75, 3.05) is 0 Å². The van der Waals surface area contributed by atoms with Crippen molar-refractivity contribution in [3.63, 3.8) is 0 Å². The first-order chi connectivity index (χ1) is 19.0. The lowest BCUT2D eigenvalue weighted by molar-refractivity contribution is -0.146. The highest BCUT2D eigenvalue weighted by molar-refractivity contribution is 5.84. The molecule has 39 heavy (non-hydrogen) atoms. The number of nitrogens with zero attached hydrogens (tertiary/aromatic N) is 3. The van der Waals surface area contributed by atoms with Gasteiger partial charge in [-0.1, -0.05) is 106 Å². The Morgan fingerprint density at radius 3 is 1.97 bits per heavy atom. The molecule has 216 valence electrons. The zero-order chi connectivity index (χ0) is 28.0. The average molecular weight is 544 g/mol. The van der Waals surface area contributed by atoms with E-state index in [1.165, 1.54) is 57.8 Å². The second kappa shape index (κ2) is 20.6. The molecule has 0 radical (unpaired) electrons. The van der Waals surface area contributed by atoms with E-state index in [4.69, 9.17) is 4.74 Å². The van der Waals surface area contributed by atoms with Crippen molar-refractivity contribution in [1.29, 1.82) is 0 Å². The van der Waals surface area contributed by atoms with Crippen LogP contribution in [0.4, 0.5) is 0 Å². The third-order valence-electron chi connectivity index (χ3n) is 6.71. The second-order valence-corrected chi connectivity index (χ2v) is 10.1. The lowest BCUT2D eigenvalue weighted by Crippen LogP contribution is -2.41. The molecule has 0 aliphatic heterocycles. The van der Waals surface area contributed by atoms with Crippen LogP contribution in [0.15, 0.2) is 30.3 Å². The van der Waals surface area contributed by atoms with Crippen molar-refractivity contribution in [2.45, 2.75) is 122 Å². The van der Waals surface area contributed by atoms with E-state index >= 15 is 0 Å². The van der Waals surface area contributed by atoms with Crippen LogP contribution in [0.2, 0.25) is 0 Å². The van der Waals surface area contributed by atoms with Crippen LogP contribution < -0.4 is 5.32 Å². The molecule has 3 N–H and O–H groups in total. The summed E-state index contributed by atoms with van der Waals surface area (Å²) >= 11 is 0. The molecular weight excluding hydrogens is 498 g/mol. The molecule has 1 amide bonds. The summed E-state index contributed by atoms with van der Waals surface area (Å²) < 4.78 is 5.18. The standard InChI is InChI=1S/C29H45N5O5/c35-27(30-25(29(37)38)21-22-28(36)39-23-24-17-13-12-14-18-24)20-16-11-9-7-5-3-1-2-4-6-8-10-15-19-26-31-33-34-32-26/h12-14,17-18,25H,1-11,15-16,19-23H2,(H,30,35)(H,37,38)(H,31,32,33,34). The molecular formula is C29H45N5O5. The Morgan fingerprint density at radius 2 is 1.41 bits per heavy atom. The fraction of sp³-hybridized carbons (Fsp3) is 0.655. The van der Waals surface area contributed by atoms with Crippen LogP contribution in [0.3, 0.4) is 0 Å².